The van der Waals surface area contributed by atoms with Crippen LogP contribution >= 0.6 is 0 Å². The highest BCUT2D eigenvalue weighted by atomic mass is 19.4. The summed E-state index contributed by atoms with van der Waals surface area (Å²) in [6.45, 7) is 3.99. The molecule has 27 heavy (non-hydrogen) atoms. The number of esters is 1. The molecule has 0 aromatic carbocycles. The molecule has 0 aromatic rings. The van der Waals surface area contributed by atoms with Crippen molar-refractivity contribution in [2.75, 3.05) is 6.61 Å². The Morgan fingerprint density at radius 3 is 1.89 bits per heavy atom. The molecule has 0 aliphatic heterocycles. The van der Waals surface area contributed by atoms with Gasteiger partial charge in [0, 0.05) is 0 Å². The lowest BCUT2D eigenvalue weighted by Crippen LogP contribution is -2.61. The summed E-state index contributed by atoms with van der Waals surface area (Å²) in [5, 5.41) is 9.19. The van der Waals surface area contributed by atoms with Gasteiger partial charge in [-0.1, -0.05) is 6.58 Å². The van der Waals surface area contributed by atoms with E-state index in [-0.39, 0.29) is 11.6 Å². The smallest absolute Gasteiger partial charge is 0.428 e. The van der Waals surface area contributed by atoms with E-state index in [1.165, 1.54) is 13.8 Å². The van der Waals surface area contributed by atoms with Crippen LogP contribution < -0.4 is 5.73 Å². The zero-order valence-electron chi connectivity index (χ0n) is 14.9. The van der Waals surface area contributed by atoms with Gasteiger partial charge in [-0.05, 0) is 45.4 Å². The molecular weight excluding hydrogens is 384 g/mol. The van der Waals surface area contributed by atoms with E-state index in [0.29, 0.717) is 25.7 Å². The van der Waals surface area contributed by atoms with Crippen LogP contribution in [0.15, 0.2) is 12.3 Å². The molecule has 0 aromatic heterocycles. The van der Waals surface area contributed by atoms with Crippen molar-refractivity contribution in [3.8, 4) is 0 Å². The summed E-state index contributed by atoms with van der Waals surface area (Å²) in [5.41, 5.74) is -1.38. The third-order valence-corrected chi connectivity index (χ3v) is 4.78. The number of hydrogen-bond acceptors (Lipinski definition) is 5. The maximum absolute atomic E-state index is 12.7. The zero-order chi connectivity index (χ0) is 21.3. The fraction of sp³-hybridized carbons (Fsp3) is 0.812. The predicted octanol–water partition coefficient (Wildman–Crippen LogP) is 3.21. The molecule has 0 radical (unpaired) electrons. The number of nitrogens with two attached hydrogens (primary N) is 1. The molecule has 5 nitrogen and oxygen atoms in total. The van der Waals surface area contributed by atoms with Crippen molar-refractivity contribution in [1.82, 2.24) is 0 Å². The molecule has 1 saturated carbocycles. The van der Waals surface area contributed by atoms with E-state index in [4.69, 9.17) is 15.2 Å². The first-order valence-corrected chi connectivity index (χ1v) is 8.16. The van der Waals surface area contributed by atoms with Gasteiger partial charge in [0.25, 0.3) is 5.60 Å². The topological polar surface area (TPSA) is 81.8 Å². The molecule has 11 heteroatoms. The monoisotopic (exact) mass is 407 g/mol. The lowest BCUT2D eigenvalue weighted by molar-refractivity contribution is -0.383. The van der Waals surface area contributed by atoms with E-state index < -0.39 is 42.2 Å². The van der Waals surface area contributed by atoms with Gasteiger partial charge >= 0.3 is 18.3 Å². The van der Waals surface area contributed by atoms with Gasteiger partial charge in [0.05, 0.1) is 12.2 Å². The van der Waals surface area contributed by atoms with Gasteiger partial charge in [0.2, 0.25) is 0 Å². The van der Waals surface area contributed by atoms with Crippen molar-refractivity contribution in [2.45, 2.75) is 69.2 Å². The van der Waals surface area contributed by atoms with Gasteiger partial charge in [0.1, 0.15) is 11.8 Å². The number of alkyl halides is 6. The first-order chi connectivity index (χ1) is 12.0. The van der Waals surface area contributed by atoms with E-state index in [0.717, 1.165) is 0 Å². The third kappa shape index (κ3) is 5.50. The average molecular weight is 407 g/mol. The summed E-state index contributed by atoms with van der Waals surface area (Å²) >= 11 is 0. The number of rotatable bonds is 6. The minimum Gasteiger partial charge on any atom is -0.458 e. The Bertz CT molecular complexity index is 536. The summed E-state index contributed by atoms with van der Waals surface area (Å²) < 4.78 is 86.4. The molecule has 1 fully saturated rings. The van der Waals surface area contributed by atoms with Crippen LogP contribution in [0.3, 0.4) is 0 Å². The molecule has 1 aliphatic carbocycles. The molecule has 0 amide bonds. The summed E-state index contributed by atoms with van der Waals surface area (Å²) in [5.74, 6) is -1.16. The summed E-state index contributed by atoms with van der Waals surface area (Å²) in [7, 11) is 0. The first-order valence-electron chi connectivity index (χ1n) is 8.16. The molecule has 158 valence electrons. The fourth-order valence-corrected chi connectivity index (χ4v) is 2.84. The van der Waals surface area contributed by atoms with Crippen LogP contribution in [0.2, 0.25) is 0 Å². The van der Waals surface area contributed by atoms with Crippen molar-refractivity contribution in [2.24, 2.45) is 11.7 Å². The highest BCUT2D eigenvalue weighted by Gasteiger charge is 2.71. The third-order valence-electron chi connectivity index (χ3n) is 4.78. The number of carbonyl (C=O) groups is 1. The summed E-state index contributed by atoms with van der Waals surface area (Å²) in [6.07, 6.45) is -10.9. The number of aliphatic hydroxyl groups is 1. The van der Waals surface area contributed by atoms with Crippen molar-refractivity contribution >= 4 is 5.97 Å². The van der Waals surface area contributed by atoms with Crippen molar-refractivity contribution in [3.63, 3.8) is 0 Å². The van der Waals surface area contributed by atoms with Gasteiger partial charge in [0.15, 0.2) is 0 Å². The van der Waals surface area contributed by atoms with Gasteiger partial charge < -0.3 is 20.3 Å². The van der Waals surface area contributed by atoms with E-state index in [1.54, 1.807) is 0 Å². The quantitative estimate of drug-likeness (QED) is 0.402. The normalized spacial score (nSPS) is 22.4. The number of halogens is 6. The minimum absolute atomic E-state index is 0.264. The Balaban J connectivity index is 2.71. The molecule has 0 atom stereocenters. The number of ether oxygens (including phenoxy) is 2. The van der Waals surface area contributed by atoms with Gasteiger partial charge in [-0.25, -0.2) is 4.79 Å². The number of carbonyl (C=O) groups excluding carboxylic acids is 1. The highest BCUT2D eigenvalue weighted by Crippen LogP contribution is 2.45. The standard InChI is InChI=1S/C16H23F6NO4/c1-9(23)12(24)27-11-6-4-10(5-7-11)13(2,3)26-8-14(25,15(17,18)19)16(20,21)22/h10-11,25H,1,4-8,23H2,2-3H3. The van der Waals surface area contributed by atoms with E-state index in [1.807, 2.05) is 0 Å². The maximum atomic E-state index is 12.7. The van der Waals surface area contributed by atoms with Crippen LogP contribution in [0.25, 0.3) is 0 Å². The van der Waals surface area contributed by atoms with Crippen molar-refractivity contribution in [3.05, 3.63) is 12.3 Å². The van der Waals surface area contributed by atoms with Crippen LogP contribution in [0.5, 0.6) is 0 Å². The SMILES string of the molecule is C=C(N)C(=O)OC1CCC(C(C)(C)OCC(O)(C(F)(F)F)C(F)(F)F)CC1. The zero-order valence-corrected chi connectivity index (χ0v) is 14.9. The molecule has 0 spiro atoms. The molecule has 0 saturated heterocycles. The van der Waals surface area contributed by atoms with E-state index >= 15 is 0 Å². The Morgan fingerprint density at radius 1 is 1.07 bits per heavy atom. The number of hydrogen-bond donors (Lipinski definition) is 2. The second kappa shape index (κ2) is 7.86. The lowest BCUT2D eigenvalue weighted by Gasteiger charge is -2.41. The average Bonchev–Trinajstić information content (AvgIpc) is 2.50. The molecule has 0 heterocycles. The Hall–Kier alpha value is -1.49. The lowest BCUT2D eigenvalue weighted by atomic mass is 9.77. The molecule has 0 bridgehead atoms. The van der Waals surface area contributed by atoms with E-state index in [2.05, 4.69) is 6.58 Å². The first kappa shape index (κ1) is 23.5. The van der Waals surface area contributed by atoms with Crippen LogP contribution in [0, 0.1) is 5.92 Å². The molecule has 1 rings (SSSR count). The predicted molar refractivity (Wildman–Crippen MR) is 82.3 cm³/mol. The Morgan fingerprint density at radius 2 is 1.52 bits per heavy atom. The molecule has 0 unspecified atom stereocenters. The second-order valence-electron chi connectivity index (χ2n) is 7.15. The van der Waals surface area contributed by atoms with Crippen LogP contribution in [0.4, 0.5) is 26.3 Å². The Kier molecular flexibility index (Phi) is 6.86. The molecule has 3 N–H and O–H groups in total. The summed E-state index contributed by atoms with van der Waals surface area (Å²) in [6, 6.07) is 0. The molecular formula is C16H23F6NO4. The van der Waals surface area contributed by atoms with Gasteiger partial charge in [-0.2, -0.15) is 26.3 Å². The van der Waals surface area contributed by atoms with Crippen LogP contribution in [-0.2, 0) is 14.3 Å². The Labute approximate surface area is 152 Å². The van der Waals surface area contributed by atoms with Crippen molar-refractivity contribution < 1.29 is 45.7 Å². The second-order valence-corrected chi connectivity index (χ2v) is 7.15. The van der Waals surface area contributed by atoms with Gasteiger partial charge in [-0.3, -0.25) is 0 Å². The van der Waals surface area contributed by atoms with Crippen LogP contribution in [-0.4, -0.2) is 47.3 Å². The van der Waals surface area contributed by atoms with E-state index in [9.17, 15) is 36.2 Å². The highest BCUT2D eigenvalue weighted by molar-refractivity contribution is 5.86. The van der Waals surface area contributed by atoms with Crippen molar-refractivity contribution in [1.29, 1.82) is 0 Å². The van der Waals surface area contributed by atoms with Crippen LogP contribution in [0.1, 0.15) is 39.5 Å². The largest absolute Gasteiger partial charge is 0.458 e. The maximum Gasteiger partial charge on any atom is 0.428 e. The molecule has 1 aliphatic rings. The fourth-order valence-electron chi connectivity index (χ4n) is 2.84. The summed E-state index contributed by atoms with van der Waals surface area (Å²) in [4.78, 5) is 11.4. The minimum atomic E-state index is -5.93. The van der Waals surface area contributed by atoms with Gasteiger partial charge in [-0.15, -0.1) is 0 Å².